The molecule has 0 aliphatic carbocycles. The quantitative estimate of drug-likeness (QED) is 0.446. The molecule has 0 bridgehead atoms. The minimum Gasteiger partial charge on any atom is -0.442 e. The number of hydrogen-bond donors (Lipinski definition) is 2. The van der Waals surface area contributed by atoms with Gasteiger partial charge in [0.05, 0.1) is 18.8 Å². The van der Waals surface area contributed by atoms with Gasteiger partial charge < -0.3 is 19.9 Å². The Balaban J connectivity index is 1.34. The number of carbonyl (C=O) groups excluding carboxylic acids is 3. The van der Waals surface area contributed by atoms with Crippen molar-refractivity contribution in [3.05, 3.63) is 94.2 Å². The molecule has 4 rings (SSSR count). The molecule has 0 saturated carbocycles. The molecule has 1 atom stereocenters. The summed E-state index contributed by atoms with van der Waals surface area (Å²) < 4.78 is 21.6. The molecular formula is C28H27FN4O5. The van der Waals surface area contributed by atoms with Gasteiger partial charge in [0.2, 0.25) is 17.4 Å². The van der Waals surface area contributed by atoms with Gasteiger partial charge >= 0.3 is 6.09 Å². The summed E-state index contributed by atoms with van der Waals surface area (Å²) in [4.78, 5) is 48.2. The lowest BCUT2D eigenvalue weighted by molar-refractivity contribution is -0.119. The van der Waals surface area contributed by atoms with Gasteiger partial charge in [0.15, 0.2) is 0 Å². The standard InChI is InChI=1S/C28H27FN4O5/c1-18(34)30-15-23-17-33(28(37)38-23)22-9-10-24(25(29)13-22)21-7-3-19(4-8-21)14-31-26(35)11-5-20-6-12-27(36)32(2)16-20/h3-13,16,23H,14-15,17H2,1-2H3,(H,30,34)(H,31,35)/b11-5+. The molecule has 2 aromatic carbocycles. The van der Waals surface area contributed by atoms with E-state index in [4.69, 9.17) is 4.74 Å². The maximum atomic E-state index is 15.0. The normalized spacial score (nSPS) is 15.0. The number of carbonyl (C=O) groups is 3. The number of rotatable bonds is 8. The lowest BCUT2D eigenvalue weighted by Crippen LogP contribution is -2.33. The van der Waals surface area contributed by atoms with E-state index in [1.807, 2.05) is 0 Å². The number of nitrogens with one attached hydrogen (secondary N) is 2. The van der Waals surface area contributed by atoms with E-state index in [1.165, 1.54) is 34.6 Å². The summed E-state index contributed by atoms with van der Waals surface area (Å²) in [6, 6.07) is 14.7. The van der Waals surface area contributed by atoms with Crippen LogP contribution in [0.15, 0.2) is 71.7 Å². The number of cyclic esters (lactones) is 1. The van der Waals surface area contributed by atoms with Crippen LogP contribution < -0.4 is 21.1 Å². The summed E-state index contributed by atoms with van der Waals surface area (Å²) in [5.74, 6) is -1.01. The second kappa shape index (κ2) is 11.5. The minimum absolute atomic E-state index is 0.129. The van der Waals surface area contributed by atoms with Crippen LogP contribution in [0, 0.1) is 5.82 Å². The minimum atomic E-state index is -0.594. The van der Waals surface area contributed by atoms with Gasteiger partial charge in [0.1, 0.15) is 11.9 Å². The van der Waals surface area contributed by atoms with Gasteiger partial charge in [-0.25, -0.2) is 9.18 Å². The molecule has 3 amide bonds. The number of aryl methyl sites for hydroxylation is 1. The maximum absolute atomic E-state index is 15.0. The van der Waals surface area contributed by atoms with Gasteiger partial charge in [0, 0.05) is 44.4 Å². The molecule has 1 aliphatic heterocycles. The van der Waals surface area contributed by atoms with Crippen LogP contribution in [0.4, 0.5) is 14.9 Å². The predicted octanol–water partition coefficient (Wildman–Crippen LogP) is 2.98. The fourth-order valence-corrected chi connectivity index (χ4v) is 3.94. The summed E-state index contributed by atoms with van der Waals surface area (Å²) in [6.07, 6.45) is 3.55. The largest absolute Gasteiger partial charge is 0.442 e. The van der Waals surface area contributed by atoms with Crippen molar-refractivity contribution in [2.24, 2.45) is 7.05 Å². The van der Waals surface area contributed by atoms with E-state index in [0.717, 1.165) is 11.1 Å². The van der Waals surface area contributed by atoms with E-state index in [2.05, 4.69) is 10.6 Å². The third-order valence-corrected chi connectivity index (χ3v) is 5.98. The molecule has 2 N–H and O–H groups in total. The Morgan fingerprint density at radius 3 is 2.53 bits per heavy atom. The zero-order valence-electron chi connectivity index (χ0n) is 20.9. The lowest BCUT2D eigenvalue weighted by Gasteiger charge is -2.15. The topological polar surface area (TPSA) is 110 Å². The third kappa shape index (κ3) is 6.52. The molecular weight excluding hydrogens is 491 g/mol. The average molecular weight is 519 g/mol. The van der Waals surface area contributed by atoms with E-state index in [0.29, 0.717) is 16.8 Å². The lowest BCUT2D eigenvalue weighted by atomic mass is 10.0. The van der Waals surface area contributed by atoms with Gasteiger partial charge in [-0.2, -0.15) is 0 Å². The van der Waals surface area contributed by atoms with Gasteiger partial charge in [0.25, 0.3) is 0 Å². The van der Waals surface area contributed by atoms with Gasteiger partial charge in [-0.15, -0.1) is 0 Å². The molecule has 2 heterocycles. The number of pyridine rings is 1. The average Bonchev–Trinajstić information content (AvgIpc) is 3.27. The maximum Gasteiger partial charge on any atom is 0.414 e. The van der Waals surface area contributed by atoms with Crippen molar-refractivity contribution in [2.75, 3.05) is 18.0 Å². The molecule has 1 unspecified atom stereocenters. The first-order valence-electron chi connectivity index (χ1n) is 11.9. The van der Waals surface area contributed by atoms with E-state index in [9.17, 15) is 23.6 Å². The number of nitrogens with zero attached hydrogens (tertiary/aromatic N) is 2. The van der Waals surface area contributed by atoms with Crippen LogP contribution in [0.25, 0.3) is 17.2 Å². The number of aromatic nitrogens is 1. The van der Waals surface area contributed by atoms with Crippen molar-refractivity contribution in [2.45, 2.75) is 19.6 Å². The zero-order chi connectivity index (χ0) is 27.2. The van der Waals surface area contributed by atoms with Crippen molar-refractivity contribution >= 4 is 29.7 Å². The highest BCUT2D eigenvalue weighted by Crippen LogP contribution is 2.29. The van der Waals surface area contributed by atoms with Crippen LogP contribution in [-0.4, -0.2) is 41.7 Å². The molecule has 1 saturated heterocycles. The fourth-order valence-electron chi connectivity index (χ4n) is 3.94. The van der Waals surface area contributed by atoms with Crippen molar-refractivity contribution in [3.63, 3.8) is 0 Å². The van der Waals surface area contributed by atoms with Crippen LogP contribution in [0.1, 0.15) is 18.1 Å². The number of hydrogen-bond acceptors (Lipinski definition) is 5. The number of halogens is 1. The van der Waals surface area contributed by atoms with E-state index in [1.54, 1.807) is 61.8 Å². The summed E-state index contributed by atoms with van der Waals surface area (Å²) in [7, 11) is 1.64. The van der Waals surface area contributed by atoms with E-state index >= 15 is 0 Å². The summed E-state index contributed by atoms with van der Waals surface area (Å²) in [5, 5.41) is 5.39. The predicted molar refractivity (Wildman–Crippen MR) is 141 cm³/mol. The highest BCUT2D eigenvalue weighted by atomic mass is 19.1. The monoisotopic (exact) mass is 518 g/mol. The van der Waals surface area contributed by atoms with Gasteiger partial charge in [-0.3, -0.25) is 19.3 Å². The Morgan fingerprint density at radius 2 is 1.84 bits per heavy atom. The van der Waals surface area contributed by atoms with Gasteiger partial charge in [-0.1, -0.05) is 24.3 Å². The second-order valence-corrected chi connectivity index (χ2v) is 8.88. The molecule has 38 heavy (non-hydrogen) atoms. The highest BCUT2D eigenvalue weighted by Gasteiger charge is 2.32. The molecule has 3 aromatic rings. The van der Waals surface area contributed by atoms with Crippen molar-refractivity contribution in [1.82, 2.24) is 15.2 Å². The van der Waals surface area contributed by atoms with Crippen LogP contribution in [0.3, 0.4) is 0 Å². The van der Waals surface area contributed by atoms with Gasteiger partial charge in [-0.05, 0) is 47.0 Å². The zero-order valence-corrected chi connectivity index (χ0v) is 20.9. The Morgan fingerprint density at radius 1 is 1.08 bits per heavy atom. The summed E-state index contributed by atoms with van der Waals surface area (Å²) in [6.45, 7) is 2.06. The molecule has 0 spiro atoms. The molecule has 1 aromatic heterocycles. The van der Waals surface area contributed by atoms with Crippen LogP contribution in [-0.2, 0) is 27.9 Å². The SMILES string of the molecule is CC(=O)NCC1CN(c2ccc(-c3ccc(CNC(=O)/C=C/c4ccc(=O)n(C)c4)cc3)c(F)c2)C(=O)O1. The Bertz CT molecular complexity index is 1450. The molecule has 1 aliphatic rings. The number of ether oxygens (including phenoxy) is 1. The van der Waals surface area contributed by atoms with E-state index in [-0.39, 0.29) is 37.0 Å². The first kappa shape index (κ1) is 26.3. The Hall–Kier alpha value is -4.73. The summed E-state index contributed by atoms with van der Waals surface area (Å²) >= 11 is 0. The fraction of sp³-hybridized carbons (Fsp3) is 0.214. The molecule has 1 fully saturated rings. The molecule has 0 radical (unpaired) electrons. The molecule has 9 nitrogen and oxygen atoms in total. The smallest absolute Gasteiger partial charge is 0.414 e. The summed E-state index contributed by atoms with van der Waals surface area (Å²) in [5.41, 5.74) is 2.81. The van der Waals surface area contributed by atoms with Crippen LogP contribution in [0.2, 0.25) is 0 Å². The number of benzene rings is 2. The first-order chi connectivity index (χ1) is 18.2. The first-order valence-corrected chi connectivity index (χ1v) is 11.9. The second-order valence-electron chi connectivity index (χ2n) is 8.88. The number of anilines is 1. The van der Waals surface area contributed by atoms with Crippen LogP contribution in [0.5, 0.6) is 0 Å². The van der Waals surface area contributed by atoms with Crippen molar-refractivity contribution < 1.29 is 23.5 Å². The van der Waals surface area contributed by atoms with Crippen molar-refractivity contribution in [1.29, 1.82) is 0 Å². The highest BCUT2D eigenvalue weighted by molar-refractivity contribution is 5.92. The van der Waals surface area contributed by atoms with Crippen LogP contribution >= 0.6 is 0 Å². The Kier molecular flexibility index (Phi) is 8.00. The van der Waals surface area contributed by atoms with E-state index < -0.39 is 18.0 Å². The van der Waals surface area contributed by atoms with Crippen molar-refractivity contribution in [3.8, 4) is 11.1 Å². The molecule has 196 valence electrons. The third-order valence-electron chi connectivity index (χ3n) is 5.98. The molecule has 10 heteroatoms. The Labute approximate surface area is 218 Å². The number of amides is 3.